The summed E-state index contributed by atoms with van der Waals surface area (Å²) >= 11 is 0. The number of benzene rings is 2. The zero-order valence-electron chi connectivity index (χ0n) is 23.7. The fraction of sp³-hybridized carbons (Fsp3) is 0.367. The minimum atomic E-state index is -1.84. The summed E-state index contributed by atoms with van der Waals surface area (Å²) in [6.45, 7) is 4.99. The molecule has 1 saturated heterocycles. The predicted octanol–water partition coefficient (Wildman–Crippen LogP) is 3.67. The molecule has 1 unspecified atom stereocenters. The lowest BCUT2D eigenvalue weighted by Crippen LogP contribution is -2.47. The lowest BCUT2D eigenvalue weighted by Gasteiger charge is -2.38. The van der Waals surface area contributed by atoms with Gasteiger partial charge in [0.25, 0.3) is 11.8 Å². The molecule has 1 fully saturated rings. The van der Waals surface area contributed by atoms with E-state index in [1.165, 1.54) is 18.3 Å². The van der Waals surface area contributed by atoms with Crippen LogP contribution in [0.25, 0.3) is 11.0 Å². The maximum atomic E-state index is 13.5. The fourth-order valence-corrected chi connectivity index (χ4v) is 5.20. The Morgan fingerprint density at radius 1 is 1.10 bits per heavy atom. The van der Waals surface area contributed by atoms with Gasteiger partial charge in [-0.3, -0.25) is 9.59 Å². The van der Waals surface area contributed by atoms with Crippen molar-refractivity contribution in [3.8, 4) is 0 Å². The molecule has 0 aliphatic carbocycles. The minimum absolute atomic E-state index is 0.0769. The van der Waals surface area contributed by atoms with E-state index in [9.17, 15) is 23.9 Å². The second kappa shape index (κ2) is 12.0. The topological polar surface area (TPSA) is 123 Å². The Kier molecular flexibility index (Phi) is 8.23. The van der Waals surface area contributed by atoms with Crippen molar-refractivity contribution in [1.29, 1.82) is 0 Å². The Labute approximate surface area is 241 Å². The van der Waals surface area contributed by atoms with E-state index in [-0.39, 0.29) is 17.8 Å². The Hall–Kier alpha value is -4.74. The first-order valence-corrected chi connectivity index (χ1v) is 13.8. The van der Waals surface area contributed by atoms with E-state index in [2.05, 4.69) is 14.5 Å². The van der Waals surface area contributed by atoms with Crippen molar-refractivity contribution in [2.24, 2.45) is 5.92 Å². The average Bonchev–Trinajstić information content (AvgIpc) is 3.34. The second-order valence-corrected chi connectivity index (χ2v) is 10.7. The van der Waals surface area contributed by atoms with E-state index in [0.717, 1.165) is 33.2 Å². The number of fused-ring (bicyclic) bond motifs is 1. The molecule has 0 amide bonds. The van der Waals surface area contributed by atoms with Gasteiger partial charge >= 0.3 is 11.9 Å². The molecular formula is C30H33FN6O5. The lowest BCUT2D eigenvalue weighted by atomic mass is 10.0. The highest BCUT2D eigenvalue weighted by Crippen LogP contribution is 2.29. The molecule has 0 saturated carbocycles. The zero-order chi connectivity index (χ0) is 30.0. The number of aliphatic carboxylic acids is 1. The van der Waals surface area contributed by atoms with Crippen LogP contribution in [0.4, 0.5) is 16.3 Å². The third-order valence-corrected chi connectivity index (χ3v) is 7.50. The van der Waals surface area contributed by atoms with E-state index < -0.39 is 29.6 Å². The number of imidazole rings is 1. The van der Waals surface area contributed by atoms with Gasteiger partial charge in [0.05, 0.1) is 23.5 Å². The number of ether oxygens (including phenoxy) is 1. The molecule has 12 heteroatoms. The molecule has 1 N–H and O–H groups in total. The van der Waals surface area contributed by atoms with Gasteiger partial charge in [-0.15, -0.1) is 0 Å². The molecule has 220 valence electrons. The Balaban J connectivity index is 1.38. The van der Waals surface area contributed by atoms with Crippen LogP contribution >= 0.6 is 0 Å². The van der Waals surface area contributed by atoms with Gasteiger partial charge in [0, 0.05) is 38.4 Å². The van der Waals surface area contributed by atoms with Crippen molar-refractivity contribution in [1.82, 2.24) is 19.1 Å². The first-order valence-electron chi connectivity index (χ1n) is 13.8. The van der Waals surface area contributed by atoms with Crippen LogP contribution in [-0.4, -0.2) is 62.3 Å². The third-order valence-electron chi connectivity index (χ3n) is 7.50. The molecule has 2 aromatic heterocycles. The number of rotatable bonds is 9. The highest BCUT2D eigenvalue weighted by Gasteiger charge is 2.33. The molecule has 1 aliphatic heterocycles. The number of para-hydroxylation sites is 2. The van der Waals surface area contributed by atoms with Crippen molar-refractivity contribution in [2.45, 2.75) is 45.5 Å². The number of halogens is 1. The summed E-state index contributed by atoms with van der Waals surface area (Å²) in [6, 6.07) is 15.4. The predicted molar refractivity (Wildman–Crippen MR) is 155 cm³/mol. The van der Waals surface area contributed by atoms with Gasteiger partial charge in [-0.05, 0) is 42.7 Å². The zero-order valence-corrected chi connectivity index (χ0v) is 23.7. The largest absolute Gasteiger partial charge is 0.477 e. The highest BCUT2D eigenvalue weighted by molar-refractivity contribution is 5.79. The summed E-state index contributed by atoms with van der Waals surface area (Å²) in [5, 5.41) is 9.85. The van der Waals surface area contributed by atoms with E-state index in [1.807, 2.05) is 24.3 Å². The molecule has 0 radical (unpaired) electrons. The van der Waals surface area contributed by atoms with Gasteiger partial charge in [-0.25, -0.2) is 23.7 Å². The monoisotopic (exact) mass is 576 g/mol. The Morgan fingerprint density at radius 2 is 1.79 bits per heavy atom. The highest BCUT2D eigenvalue weighted by atomic mass is 19.1. The number of aromatic nitrogens is 4. The van der Waals surface area contributed by atoms with Crippen LogP contribution in [0.5, 0.6) is 0 Å². The minimum Gasteiger partial charge on any atom is -0.477 e. The molecule has 0 bridgehead atoms. The van der Waals surface area contributed by atoms with Crippen molar-refractivity contribution in [3.63, 3.8) is 0 Å². The van der Waals surface area contributed by atoms with Gasteiger partial charge in [0.1, 0.15) is 5.82 Å². The molecule has 11 nitrogen and oxygen atoms in total. The maximum Gasteiger partial charge on any atom is 0.367 e. The van der Waals surface area contributed by atoms with E-state index in [0.29, 0.717) is 32.5 Å². The lowest BCUT2D eigenvalue weighted by molar-refractivity contribution is -0.173. The van der Waals surface area contributed by atoms with Crippen molar-refractivity contribution in [3.05, 3.63) is 82.5 Å². The standard InChI is InChI=1S/C30H33FN6O5/c1-19(2)28(41)42-26(27(39)40)37-25(38)12-15-32-29(37)34(3)22-13-16-35(17-14-22)30-33-23-6-4-5-7-24(23)36(30)18-20-8-10-21(31)11-9-20/h4-12,15,19,22,26H,13-14,16-18H2,1-3H3,(H,39,40). The number of carboxylic acids is 1. The van der Waals surface area contributed by atoms with Gasteiger partial charge in [-0.1, -0.05) is 38.1 Å². The van der Waals surface area contributed by atoms with E-state index in [1.54, 1.807) is 37.9 Å². The quantitative estimate of drug-likeness (QED) is 0.297. The van der Waals surface area contributed by atoms with Gasteiger partial charge in [0.15, 0.2) is 0 Å². The second-order valence-electron chi connectivity index (χ2n) is 10.7. The normalized spacial score (nSPS) is 14.7. The molecule has 4 aromatic rings. The SMILES string of the molecule is CC(C)C(=O)OC(C(=O)O)n1c(N(C)C2CCN(c3nc4ccccc4n3Cc3ccc(F)cc3)CC2)nccc1=O. The smallest absolute Gasteiger partial charge is 0.367 e. The summed E-state index contributed by atoms with van der Waals surface area (Å²) < 4.78 is 21.8. The van der Waals surface area contributed by atoms with Crippen LogP contribution in [0.2, 0.25) is 0 Å². The van der Waals surface area contributed by atoms with Crippen LogP contribution < -0.4 is 15.4 Å². The number of hydrogen-bond donors (Lipinski definition) is 1. The van der Waals surface area contributed by atoms with E-state index in [4.69, 9.17) is 9.72 Å². The molecular weight excluding hydrogens is 543 g/mol. The van der Waals surface area contributed by atoms with Crippen molar-refractivity contribution in [2.75, 3.05) is 29.9 Å². The number of nitrogens with zero attached hydrogens (tertiary/aromatic N) is 6. The number of hydrogen-bond acceptors (Lipinski definition) is 8. The molecule has 2 aromatic carbocycles. The van der Waals surface area contributed by atoms with Crippen LogP contribution in [0, 0.1) is 11.7 Å². The Morgan fingerprint density at radius 3 is 2.45 bits per heavy atom. The summed E-state index contributed by atoms with van der Waals surface area (Å²) in [5.41, 5.74) is 2.16. The van der Waals surface area contributed by atoms with Crippen LogP contribution in [0.15, 0.2) is 65.6 Å². The Bertz CT molecular complexity index is 1640. The van der Waals surface area contributed by atoms with Gasteiger partial charge in [-0.2, -0.15) is 0 Å². The number of piperidine rings is 1. The molecule has 42 heavy (non-hydrogen) atoms. The summed E-state index contributed by atoms with van der Waals surface area (Å²) in [5.74, 6) is -2.15. The maximum absolute atomic E-state index is 13.5. The fourth-order valence-electron chi connectivity index (χ4n) is 5.20. The number of carboxylic acid groups (broad SMARTS) is 1. The summed E-state index contributed by atoms with van der Waals surface area (Å²) in [4.78, 5) is 50.4. The van der Waals surface area contributed by atoms with Crippen LogP contribution in [-0.2, 0) is 20.9 Å². The molecule has 5 rings (SSSR count). The van der Waals surface area contributed by atoms with Gasteiger partial charge in [0.2, 0.25) is 11.9 Å². The summed E-state index contributed by atoms with van der Waals surface area (Å²) in [7, 11) is 1.76. The molecule has 3 heterocycles. The summed E-state index contributed by atoms with van der Waals surface area (Å²) in [6.07, 6.45) is 0.820. The number of anilines is 2. The average molecular weight is 577 g/mol. The van der Waals surface area contributed by atoms with Crippen molar-refractivity contribution < 1.29 is 23.8 Å². The molecule has 0 spiro atoms. The first-order chi connectivity index (χ1) is 20.1. The van der Waals surface area contributed by atoms with Crippen LogP contribution in [0.3, 0.4) is 0 Å². The van der Waals surface area contributed by atoms with Crippen LogP contribution in [0.1, 0.15) is 38.5 Å². The number of carbonyl (C=O) groups excluding carboxylic acids is 1. The molecule has 1 aliphatic rings. The number of esters is 1. The third kappa shape index (κ3) is 5.83. The number of carbonyl (C=O) groups is 2. The van der Waals surface area contributed by atoms with E-state index >= 15 is 0 Å². The molecule has 1 atom stereocenters. The first kappa shape index (κ1) is 28.8. The van der Waals surface area contributed by atoms with Crippen molar-refractivity contribution >= 4 is 34.9 Å². The van der Waals surface area contributed by atoms with Gasteiger partial charge < -0.3 is 24.2 Å².